The van der Waals surface area contributed by atoms with Gasteiger partial charge in [-0.3, -0.25) is 9.89 Å². The molecular formula is C22H24N4O. The third-order valence-corrected chi connectivity index (χ3v) is 5.09. The van der Waals surface area contributed by atoms with Gasteiger partial charge < -0.3 is 10.3 Å². The Labute approximate surface area is 158 Å². The van der Waals surface area contributed by atoms with Crippen LogP contribution in [0.1, 0.15) is 25.1 Å². The summed E-state index contributed by atoms with van der Waals surface area (Å²) in [5.74, 6) is -0.0183. The van der Waals surface area contributed by atoms with Crippen LogP contribution in [0, 0.1) is 5.92 Å². The average molecular weight is 360 g/mol. The molecule has 27 heavy (non-hydrogen) atoms. The van der Waals surface area contributed by atoms with Gasteiger partial charge in [0.25, 0.3) is 0 Å². The van der Waals surface area contributed by atoms with Gasteiger partial charge in [0, 0.05) is 40.9 Å². The molecule has 0 aliphatic heterocycles. The molecule has 0 fully saturated rings. The van der Waals surface area contributed by atoms with Crippen molar-refractivity contribution in [2.24, 2.45) is 5.92 Å². The van der Waals surface area contributed by atoms with Crippen LogP contribution in [-0.4, -0.2) is 27.1 Å². The van der Waals surface area contributed by atoms with Gasteiger partial charge in [-0.25, -0.2) is 0 Å². The normalized spacial score (nSPS) is 13.7. The molecule has 0 spiro atoms. The summed E-state index contributed by atoms with van der Waals surface area (Å²) in [6, 6.07) is 16.3. The molecule has 3 N–H and O–H groups in total. The topological polar surface area (TPSA) is 73.6 Å². The van der Waals surface area contributed by atoms with Gasteiger partial charge in [-0.15, -0.1) is 0 Å². The summed E-state index contributed by atoms with van der Waals surface area (Å²) >= 11 is 0. The van der Waals surface area contributed by atoms with Crippen molar-refractivity contribution < 1.29 is 4.79 Å². The van der Waals surface area contributed by atoms with Crippen LogP contribution in [-0.2, 0) is 17.6 Å². The highest BCUT2D eigenvalue weighted by molar-refractivity contribution is 5.85. The first kappa shape index (κ1) is 17.3. The molecule has 138 valence electrons. The van der Waals surface area contributed by atoms with E-state index in [0.717, 1.165) is 22.1 Å². The third-order valence-electron chi connectivity index (χ3n) is 5.09. The highest BCUT2D eigenvalue weighted by atomic mass is 16.1. The number of amides is 1. The number of H-pyrrole nitrogens is 2. The van der Waals surface area contributed by atoms with Crippen molar-refractivity contribution >= 4 is 27.7 Å². The minimum absolute atomic E-state index is 0.0228. The van der Waals surface area contributed by atoms with Crippen molar-refractivity contribution in [2.45, 2.75) is 32.7 Å². The molecule has 0 saturated carbocycles. The summed E-state index contributed by atoms with van der Waals surface area (Å²) in [5.41, 5.74) is 4.31. The van der Waals surface area contributed by atoms with Crippen molar-refractivity contribution in [3.8, 4) is 0 Å². The molecule has 4 aromatic rings. The van der Waals surface area contributed by atoms with Gasteiger partial charge in [-0.05, 0) is 31.0 Å². The molecule has 0 aliphatic rings. The quantitative estimate of drug-likeness (QED) is 0.487. The van der Waals surface area contributed by atoms with E-state index in [1.54, 1.807) is 0 Å². The Kier molecular flexibility index (Phi) is 4.67. The molecule has 2 aromatic carbocycles. The second-order valence-corrected chi connectivity index (χ2v) is 7.29. The van der Waals surface area contributed by atoms with Crippen LogP contribution < -0.4 is 5.32 Å². The molecule has 0 saturated heterocycles. The van der Waals surface area contributed by atoms with E-state index in [1.807, 2.05) is 50.4 Å². The zero-order chi connectivity index (χ0) is 18.8. The zero-order valence-electron chi connectivity index (χ0n) is 15.6. The van der Waals surface area contributed by atoms with E-state index >= 15 is 0 Å². The fourth-order valence-corrected chi connectivity index (χ4v) is 3.63. The maximum absolute atomic E-state index is 12.7. The third kappa shape index (κ3) is 3.58. The molecule has 4 rings (SSSR count). The summed E-state index contributed by atoms with van der Waals surface area (Å²) in [6.45, 7) is 4.01. The number of nitrogens with one attached hydrogen (secondary N) is 3. The standard InChI is InChI=1S/C22H24N4O/c1-14(11-16-13-23-19-9-5-3-7-17(16)19)22(27)24-15(2)12-21-18-8-4-6-10-20(18)25-26-21/h3-10,13-15,23H,11-12H2,1-2H3,(H,24,27)(H,25,26). The number of hydrogen-bond donors (Lipinski definition) is 3. The van der Waals surface area contributed by atoms with Gasteiger partial charge >= 0.3 is 0 Å². The van der Waals surface area contributed by atoms with Crippen LogP contribution in [0.4, 0.5) is 0 Å². The van der Waals surface area contributed by atoms with Crippen molar-refractivity contribution in [1.29, 1.82) is 0 Å². The van der Waals surface area contributed by atoms with E-state index in [4.69, 9.17) is 0 Å². The number of benzene rings is 2. The zero-order valence-corrected chi connectivity index (χ0v) is 15.6. The summed E-state index contributed by atoms with van der Waals surface area (Å²) < 4.78 is 0. The molecule has 0 bridgehead atoms. The SMILES string of the molecule is CC(Cc1n[nH]c2ccccc12)NC(=O)C(C)Cc1c[nH]c2ccccc12. The molecular weight excluding hydrogens is 336 g/mol. The predicted molar refractivity (Wildman–Crippen MR) is 109 cm³/mol. The number of nitrogens with zero attached hydrogens (tertiary/aromatic N) is 1. The van der Waals surface area contributed by atoms with Crippen LogP contribution in [0.25, 0.3) is 21.8 Å². The molecule has 2 atom stereocenters. The van der Waals surface area contributed by atoms with Crippen molar-refractivity contribution in [3.63, 3.8) is 0 Å². The largest absolute Gasteiger partial charge is 0.361 e. The van der Waals surface area contributed by atoms with Crippen LogP contribution in [0.3, 0.4) is 0 Å². The Morgan fingerprint density at radius 1 is 1.00 bits per heavy atom. The Bertz CT molecular complexity index is 1080. The number of hydrogen-bond acceptors (Lipinski definition) is 2. The Balaban J connectivity index is 1.39. The van der Waals surface area contributed by atoms with E-state index in [9.17, 15) is 4.79 Å². The first-order valence-electron chi connectivity index (χ1n) is 9.39. The fourth-order valence-electron chi connectivity index (χ4n) is 3.63. The molecule has 2 unspecified atom stereocenters. The number of para-hydroxylation sites is 2. The van der Waals surface area contributed by atoms with Gasteiger partial charge in [0.1, 0.15) is 0 Å². The molecule has 2 aromatic heterocycles. The van der Waals surface area contributed by atoms with Crippen LogP contribution in [0.5, 0.6) is 0 Å². The van der Waals surface area contributed by atoms with E-state index in [2.05, 4.69) is 38.7 Å². The number of carbonyl (C=O) groups excluding carboxylic acids is 1. The lowest BCUT2D eigenvalue weighted by Gasteiger charge is -2.17. The molecule has 0 aliphatic carbocycles. The minimum Gasteiger partial charge on any atom is -0.361 e. The number of aromatic nitrogens is 3. The second-order valence-electron chi connectivity index (χ2n) is 7.29. The molecule has 5 heteroatoms. The van der Waals surface area contributed by atoms with Gasteiger partial charge in [0.05, 0.1) is 11.2 Å². The van der Waals surface area contributed by atoms with E-state index in [0.29, 0.717) is 12.8 Å². The Morgan fingerprint density at radius 2 is 1.70 bits per heavy atom. The van der Waals surface area contributed by atoms with E-state index in [1.165, 1.54) is 10.9 Å². The summed E-state index contributed by atoms with van der Waals surface area (Å²) in [6.07, 6.45) is 3.43. The summed E-state index contributed by atoms with van der Waals surface area (Å²) in [5, 5.41) is 12.9. The lowest BCUT2D eigenvalue weighted by atomic mass is 9.99. The van der Waals surface area contributed by atoms with Gasteiger partial charge in [-0.1, -0.05) is 43.3 Å². The van der Waals surface area contributed by atoms with Crippen LogP contribution in [0.15, 0.2) is 54.7 Å². The maximum atomic E-state index is 12.7. The highest BCUT2D eigenvalue weighted by Gasteiger charge is 2.18. The summed E-state index contributed by atoms with van der Waals surface area (Å²) in [4.78, 5) is 15.9. The molecule has 5 nitrogen and oxygen atoms in total. The monoisotopic (exact) mass is 360 g/mol. The Morgan fingerprint density at radius 3 is 2.52 bits per heavy atom. The van der Waals surface area contributed by atoms with E-state index in [-0.39, 0.29) is 17.9 Å². The van der Waals surface area contributed by atoms with Crippen LogP contribution in [0.2, 0.25) is 0 Å². The highest BCUT2D eigenvalue weighted by Crippen LogP contribution is 2.21. The second kappa shape index (κ2) is 7.27. The molecule has 0 radical (unpaired) electrons. The molecule has 1 amide bonds. The van der Waals surface area contributed by atoms with Gasteiger partial charge in [0.2, 0.25) is 5.91 Å². The summed E-state index contributed by atoms with van der Waals surface area (Å²) in [7, 11) is 0. The number of rotatable bonds is 6. The minimum atomic E-state index is -0.0948. The number of carbonyl (C=O) groups is 1. The smallest absolute Gasteiger partial charge is 0.223 e. The van der Waals surface area contributed by atoms with Crippen molar-refractivity contribution in [3.05, 3.63) is 66.0 Å². The van der Waals surface area contributed by atoms with Gasteiger partial charge in [0.15, 0.2) is 0 Å². The first-order chi connectivity index (χ1) is 13.1. The molecule has 2 heterocycles. The Hall–Kier alpha value is -3.08. The maximum Gasteiger partial charge on any atom is 0.223 e. The average Bonchev–Trinajstić information content (AvgIpc) is 3.26. The van der Waals surface area contributed by atoms with E-state index < -0.39 is 0 Å². The number of fused-ring (bicyclic) bond motifs is 2. The first-order valence-corrected chi connectivity index (χ1v) is 9.39. The van der Waals surface area contributed by atoms with Crippen LogP contribution >= 0.6 is 0 Å². The predicted octanol–water partition coefficient (Wildman–Crippen LogP) is 3.97. The van der Waals surface area contributed by atoms with Gasteiger partial charge in [-0.2, -0.15) is 5.10 Å². The lowest BCUT2D eigenvalue weighted by Crippen LogP contribution is -2.38. The lowest BCUT2D eigenvalue weighted by molar-refractivity contribution is -0.125. The van der Waals surface area contributed by atoms with Crippen molar-refractivity contribution in [2.75, 3.05) is 0 Å². The number of aromatic amines is 2. The van der Waals surface area contributed by atoms with Crippen molar-refractivity contribution in [1.82, 2.24) is 20.5 Å². The fraction of sp³-hybridized carbons (Fsp3) is 0.273.